The molecule has 0 aliphatic heterocycles. The van der Waals surface area contributed by atoms with Crippen LogP contribution in [0.15, 0.2) is 12.1 Å². The standard InChI is InChI=1S/C15H17ClF2N2O/c1-21-15(6-2-7-15)9-20-12(5-8-16)19-11-4-3-10(17)13(18)14(11)20/h3-4H,2,5-9H2,1H3. The molecular formula is C15H17ClF2N2O. The molecule has 6 heteroatoms. The Balaban J connectivity index is 2.12. The Morgan fingerprint density at radius 3 is 2.71 bits per heavy atom. The zero-order valence-corrected chi connectivity index (χ0v) is 12.6. The molecule has 1 fully saturated rings. The van der Waals surface area contributed by atoms with Gasteiger partial charge in [0.2, 0.25) is 0 Å². The molecule has 1 aromatic heterocycles. The Morgan fingerprint density at radius 2 is 2.14 bits per heavy atom. The SMILES string of the molecule is COC1(Cn2c(CCCl)nc3ccc(F)c(F)c32)CCC1. The molecule has 0 bridgehead atoms. The molecule has 1 aromatic carbocycles. The fraction of sp³-hybridized carbons (Fsp3) is 0.533. The summed E-state index contributed by atoms with van der Waals surface area (Å²) in [5, 5.41) is 0. The Labute approximate surface area is 126 Å². The van der Waals surface area contributed by atoms with E-state index in [2.05, 4.69) is 4.98 Å². The lowest BCUT2D eigenvalue weighted by Gasteiger charge is -2.41. The maximum absolute atomic E-state index is 14.2. The molecule has 0 spiro atoms. The summed E-state index contributed by atoms with van der Waals surface area (Å²) >= 11 is 5.81. The summed E-state index contributed by atoms with van der Waals surface area (Å²) in [6.07, 6.45) is 3.43. The average Bonchev–Trinajstić information content (AvgIpc) is 2.77. The third-order valence-corrected chi connectivity index (χ3v) is 4.53. The third-order valence-electron chi connectivity index (χ3n) is 4.34. The lowest BCUT2D eigenvalue weighted by atomic mass is 9.80. The van der Waals surface area contributed by atoms with Gasteiger partial charge in [0.15, 0.2) is 11.6 Å². The van der Waals surface area contributed by atoms with Crippen LogP contribution >= 0.6 is 11.6 Å². The summed E-state index contributed by atoms with van der Waals surface area (Å²) < 4.78 is 35.1. The van der Waals surface area contributed by atoms with Gasteiger partial charge in [-0.25, -0.2) is 13.8 Å². The normalized spacial score (nSPS) is 17.1. The quantitative estimate of drug-likeness (QED) is 0.787. The predicted octanol–water partition coefficient (Wildman–Crippen LogP) is 3.66. The first-order valence-electron chi connectivity index (χ1n) is 7.04. The van der Waals surface area contributed by atoms with Gasteiger partial charge in [-0.3, -0.25) is 0 Å². The van der Waals surface area contributed by atoms with Crippen molar-refractivity contribution in [2.75, 3.05) is 13.0 Å². The number of imidazole rings is 1. The minimum atomic E-state index is -0.860. The van der Waals surface area contributed by atoms with Gasteiger partial charge in [0.1, 0.15) is 11.3 Å². The average molecular weight is 315 g/mol. The predicted molar refractivity (Wildman–Crippen MR) is 77.7 cm³/mol. The molecule has 1 heterocycles. The fourth-order valence-electron chi connectivity index (χ4n) is 2.94. The zero-order chi connectivity index (χ0) is 15.0. The van der Waals surface area contributed by atoms with E-state index in [-0.39, 0.29) is 11.1 Å². The Kier molecular flexibility index (Phi) is 3.88. The van der Waals surface area contributed by atoms with Crippen molar-refractivity contribution < 1.29 is 13.5 Å². The van der Waals surface area contributed by atoms with Crippen molar-refractivity contribution in [3.63, 3.8) is 0 Å². The zero-order valence-electron chi connectivity index (χ0n) is 11.8. The van der Waals surface area contributed by atoms with E-state index in [9.17, 15) is 8.78 Å². The molecule has 1 aliphatic rings. The molecule has 0 saturated heterocycles. The number of nitrogens with zero attached hydrogens (tertiary/aromatic N) is 2. The van der Waals surface area contributed by atoms with Crippen LogP contribution in [0.25, 0.3) is 11.0 Å². The van der Waals surface area contributed by atoms with E-state index in [1.807, 2.05) is 0 Å². The van der Waals surface area contributed by atoms with Crippen LogP contribution in [0, 0.1) is 11.6 Å². The van der Waals surface area contributed by atoms with E-state index < -0.39 is 11.6 Å². The fourth-order valence-corrected chi connectivity index (χ4v) is 3.11. The number of rotatable bonds is 5. The Morgan fingerprint density at radius 1 is 1.38 bits per heavy atom. The number of methoxy groups -OCH3 is 1. The van der Waals surface area contributed by atoms with Crippen LogP contribution in [-0.2, 0) is 17.7 Å². The van der Waals surface area contributed by atoms with Crippen molar-refractivity contribution in [3.05, 3.63) is 29.6 Å². The van der Waals surface area contributed by atoms with Gasteiger partial charge in [-0.2, -0.15) is 0 Å². The second-order valence-electron chi connectivity index (χ2n) is 5.52. The Hall–Kier alpha value is -1.20. The van der Waals surface area contributed by atoms with Crippen LogP contribution in [-0.4, -0.2) is 28.1 Å². The third kappa shape index (κ3) is 2.42. The molecule has 0 amide bonds. The number of aryl methyl sites for hydroxylation is 1. The summed E-state index contributed by atoms with van der Waals surface area (Å²) in [5.41, 5.74) is 0.367. The second-order valence-corrected chi connectivity index (χ2v) is 5.90. The van der Waals surface area contributed by atoms with Crippen LogP contribution in [0.4, 0.5) is 8.78 Å². The Bertz CT molecular complexity index is 662. The van der Waals surface area contributed by atoms with Gasteiger partial charge in [0.05, 0.1) is 17.7 Å². The van der Waals surface area contributed by atoms with Crippen molar-refractivity contribution in [1.82, 2.24) is 9.55 Å². The summed E-state index contributed by atoms with van der Waals surface area (Å²) in [5.74, 6) is -0.659. The minimum Gasteiger partial charge on any atom is -0.376 e. The lowest BCUT2D eigenvalue weighted by molar-refractivity contribution is -0.0832. The molecule has 114 valence electrons. The maximum atomic E-state index is 14.2. The monoisotopic (exact) mass is 314 g/mol. The highest BCUT2D eigenvalue weighted by Gasteiger charge is 2.38. The molecule has 0 unspecified atom stereocenters. The molecule has 3 rings (SSSR count). The van der Waals surface area contributed by atoms with Crippen LogP contribution in [0.2, 0.25) is 0 Å². The first-order chi connectivity index (χ1) is 10.1. The van der Waals surface area contributed by atoms with Gasteiger partial charge < -0.3 is 9.30 Å². The highest BCUT2D eigenvalue weighted by molar-refractivity contribution is 6.17. The van der Waals surface area contributed by atoms with Gasteiger partial charge in [0.25, 0.3) is 0 Å². The van der Waals surface area contributed by atoms with E-state index in [1.54, 1.807) is 11.7 Å². The van der Waals surface area contributed by atoms with Gasteiger partial charge in [-0.1, -0.05) is 0 Å². The number of hydrogen-bond donors (Lipinski definition) is 0. The largest absolute Gasteiger partial charge is 0.376 e. The van der Waals surface area contributed by atoms with Crippen LogP contribution < -0.4 is 0 Å². The van der Waals surface area contributed by atoms with Gasteiger partial charge in [0, 0.05) is 19.4 Å². The first-order valence-corrected chi connectivity index (χ1v) is 7.58. The minimum absolute atomic E-state index is 0.207. The van der Waals surface area contributed by atoms with Gasteiger partial charge >= 0.3 is 0 Å². The topological polar surface area (TPSA) is 27.1 Å². The molecule has 0 N–H and O–H groups in total. The summed E-state index contributed by atoms with van der Waals surface area (Å²) in [7, 11) is 1.66. The molecule has 3 nitrogen and oxygen atoms in total. The van der Waals surface area contributed by atoms with Crippen molar-refractivity contribution in [2.45, 2.75) is 37.8 Å². The van der Waals surface area contributed by atoms with E-state index in [0.717, 1.165) is 25.3 Å². The van der Waals surface area contributed by atoms with E-state index in [4.69, 9.17) is 16.3 Å². The van der Waals surface area contributed by atoms with Crippen molar-refractivity contribution in [3.8, 4) is 0 Å². The molecule has 0 radical (unpaired) electrons. The first kappa shape index (κ1) is 14.7. The van der Waals surface area contributed by atoms with Crippen molar-refractivity contribution in [2.24, 2.45) is 0 Å². The lowest BCUT2D eigenvalue weighted by Crippen LogP contribution is -2.43. The number of halogens is 3. The number of fused-ring (bicyclic) bond motifs is 1. The van der Waals surface area contributed by atoms with Gasteiger partial charge in [-0.05, 0) is 31.4 Å². The van der Waals surface area contributed by atoms with Crippen LogP contribution in [0.3, 0.4) is 0 Å². The van der Waals surface area contributed by atoms with Crippen LogP contribution in [0.5, 0.6) is 0 Å². The molecule has 21 heavy (non-hydrogen) atoms. The highest BCUT2D eigenvalue weighted by Crippen LogP contribution is 2.38. The molecule has 2 aromatic rings. The molecule has 1 saturated carbocycles. The number of benzene rings is 1. The van der Waals surface area contributed by atoms with E-state index >= 15 is 0 Å². The molecular weight excluding hydrogens is 298 g/mol. The molecule has 0 atom stereocenters. The number of hydrogen-bond acceptors (Lipinski definition) is 2. The number of alkyl halides is 1. The van der Waals surface area contributed by atoms with Crippen molar-refractivity contribution in [1.29, 1.82) is 0 Å². The smallest absolute Gasteiger partial charge is 0.184 e. The van der Waals surface area contributed by atoms with Crippen molar-refractivity contribution >= 4 is 22.6 Å². The summed E-state index contributed by atoms with van der Waals surface area (Å²) in [6, 6.07) is 2.61. The summed E-state index contributed by atoms with van der Waals surface area (Å²) in [6.45, 7) is 0.479. The number of aromatic nitrogens is 2. The van der Waals surface area contributed by atoms with Crippen LogP contribution in [0.1, 0.15) is 25.1 Å². The number of ether oxygens (including phenoxy) is 1. The van der Waals surface area contributed by atoms with Gasteiger partial charge in [-0.15, -0.1) is 11.6 Å². The van der Waals surface area contributed by atoms with E-state index in [1.165, 1.54) is 6.07 Å². The maximum Gasteiger partial charge on any atom is 0.184 e. The van der Waals surface area contributed by atoms with E-state index in [0.29, 0.717) is 30.2 Å². The second kappa shape index (κ2) is 5.54. The molecule has 1 aliphatic carbocycles. The highest BCUT2D eigenvalue weighted by atomic mass is 35.5. The summed E-state index contributed by atoms with van der Waals surface area (Å²) in [4.78, 5) is 4.40.